The minimum atomic E-state index is -1.14. The highest BCUT2D eigenvalue weighted by molar-refractivity contribution is 6.77. The van der Waals surface area contributed by atoms with Crippen molar-refractivity contribution in [2.45, 2.75) is 32.1 Å². The number of hydrogen-bond donors (Lipinski definition) is 0. The summed E-state index contributed by atoms with van der Waals surface area (Å²) in [4.78, 5) is 0. The lowest BCUT2D eigenvalue weighted by molar-refractivity contribution is 1.13. The molecule has 0 fully saturated rings. The highest BCUT2D eigenvalue weighted by Crippen LogP contribution is 2.27. The molecule has 0 aliphatic heterocycles. The Balaban J connectivity index is 3.01. The molecule has 1 heteroatoms. The van der Waals surface area contributed by atoms with E-state index in [2.05, 4.69) is 69.0 Å². The van der Waals surface area contributed by atoms with Crippen LogP contribution < -0.4 is 0 Å². The zero-order valence-corrected chi connectivity index (χ0v) is 10.6. The van der Waals surface area contributed by atoms with Crippen LogP contribution in [0.5, 0.6) is 0 Å². The van der Waals surface area contributed by atoms with Crippen molar-refractivity contribution in [2.75, 3.05) is 0 Å². The summed E-state index contributed by atoms with van der Waals surface area (Å²) < 4.78 is 0. The molecule has 1 aromatic rings. The van der Waals surface area contributed by atoms with Gasteiger partial charge in [0.15, 0.2) is 0 Å². The largest absolute Gasteiger partial charge is 0.0913 e. The maximum absolute atomic E-state index is 2.42. The van der Waals surface area contributed by atoms with Crippen LogP contribution in [0.1, 0.15) is 18.0 Å². The van der Waals surface area contributed by atoms with Crippen LogP contribution in [-0.2, 0) is 0 Å². The van der Waals surface area contributed by atoms with Gasteiger partial charge in [-0.2, -0.15) is 0 Å². The minimum absolute atomic E-state index is 0.647. The summed E-state index contributed by atoms with van der Waals surface area (Å²) in [7, 11) is -1.14. The van der Waals surface area contributed by atoms with Crippen molar-refractivity contribution < 1.29 is 0 Å². The van der Waals surface area contributed by atoms with Gasteiger partial charge in [0.2, 0.25) is 0 Å². The van der Waals surface area contributed by atoms with E-state index in [9.17, 15) is 0 Å². The first-order chi connectivity index (χ1) is 6.55. The molecule has 0 bridgehead atoms. The molecule has 76 valence electrons. The fraction of sp³-hybridized carbons (Fsp3) is 0.385. The van der Waals surface area contributed by atoms with Crippen LogP contribution >= 0.6 is 0 Å². The lowest BCUT2D eigenvalue weighted by atomic mass is 10.1. The Kier molecular flexibility index (Phi) is 3.70. The maximum Gasteiger partial charge on any atom is 0.0565 e. The van der Waals surface area contributed by atoms with Crippen LogP contribution in [0.4, 0.5) is 0 Å². The third-order valence-electron chi connectivity index (χ3n) is 2.48. The first-order valence-corrected chi connectivity index (χ1v) is 8.81. The number of allylic oxidation sites excluding steroid dienone is 2. The average molecular weight is 204 g/mol. The summed E-state index contributed by atoms with van der Waals surface area (Å²) in [6, 6.07) is 10.8. The Morgan fingerprint density at radius 2 is 1.64 bits per heavy atom. The summed E-state index contributed by atoms with van der Waals surface area (Å²) >= 11 is 0. The third-order valence-corrected chi connectivity index (χ3v) is 4.87. The fourth-order valence-corrected chi connectivity index (χ4v) is 3.71. The van der Waals surface area contributed by atoms with E-state index in [-0.39, 0.29) is 0 Å². The quantitative estimate of drug-likeness (QED) is 0.511. The molecule has 1 aromatic carbocycles. The maximum atomic E-state index is 2.42. The van der Waals surface area contributed by atoms with Crippen LogP contribution in [0.15, 0.2) is 42.5 Å². The molecule has 0 saturated heterocycles. The van der Waals surface area contributed by atoms with Gasteiger partial charge in [0.1, 0.15) is 0 Å². The molecule has 0 aliphatic carbocycles. The van der Waals surface area contributed by atoms with Gasteiger partial charge in [0.05, 0.1) is 8.07 Å². The van der Waals surface area contributed by atoms with Crippen molar-refractivity contribution >= 4 is 8.07 Å². The standard InChI is InChI=1S/C13H20Si/c1-5-9-13(14(2,3)4)12-10-7-6-8-11-12/h5-11,13H,1-4H3/b9-5+/t13-/m0/s1. The molecule has 0 N–H and O–H groups in total. The average Bonchev–Trinajstić information content (AvgIpc) is 2.14. The van der Waals surface area contributed by atoms with Gasteiger partial charge in [-0.25, -0.2) is 0 Å². The summed E-state index contributed by atoms with van der Waals surface area (Å²) in [6.07, 6.45) is 4.53. The molecule has 0 aromatic heterocycles. The molecule has 0 aliphatic rings. The Bertz CT molecular complexity index is 293. The first-order valence-electron chi connectivity index (χ1n) is 5.23. The van der Waals surface area contributed by atoms with Crippen LogP contribution in [0.3, 0.4) is 0 Å². The molecule has 0 unspecified atom stereocenters. The lowest BCUT2D eigenvalue weighted by Crippen LogP contribution is -2.29. The SMILES string of the molecule is C/C=C/[C@@H](c1ccccc1)[Si](C)(C)C. The zero-order chi connectivity index (χ0) is 10.6. The van der Waals surface area contributed by atoms with Crippen LogP contribution in [0.2, 0.25) is 19.6 Å². The zero-order valence-electron chi connectivity index (χ0n) is 9.62. The van der Waals surface area contributed by atoms with E-state index in [4.69, 9.17) is 0 Å². The minimum Gasteiger partial charge on any atom is -0.0913 e. The molecular weight excluding hydrogens is 184 g/mol. The second-order valence-electron chi connectivity index (χ2n) is 4.78. The highest BCUT2D eigenvalue weighted by Gasteiger charge is 2.25. The van der Waals surface area contributed by atoms with Crippen molar-refractivity contribution in [3.05, 3.63) is 48.0 Å². The monoisotopic (exact) mass is 204 g/mol. The summed E-state index contributed by atoms with van der Waals surface area (Å²) in [5.41, 5.74) is 2.11. The van der Waals surface area contributed by atoms with Crippen molar-refractivity contribution in [2.24, 2.45) is 0 Å². The molecular formula is C13H20Si. The van der Waals surface area contributed by atoms with Gasteiger partial charge in [0.25, 0.3) is 0 Å². The van der Waals surface area contributed by atoms with Crippen molar-refractivity contribution in [3.8, 4) is 0 Å². The van der Waals surface area contributed by atoms with Gasteiger partial charge in [-0.15, -0.1) is 0 Å². The number of hydrogen-bond acceptors (Lipinski definition) is 0. The molecule has 0 amide bonds. The van der Waals surface area contributed by atoms with E-state index in [1.165, 1.54) is 5.56 Å². The molecule has 1 rings (SSSR count). The molecule has 0 spiro atoms. The fourth-order valence-electron chi connectivity index (χ4n) is 1.75. The van der Waals surface area contributed by atoms with Crippen molar-refractivity contribution in [1.29, 1.82) is 0 Å². The normalized spacial score (nSPS) is 14.6. The Morgan fingerprint density at radius 3 is 2.07 bits per heavy atom. The van der Waals surface area contributed by atoms with E-state index in [1.54, 1.807) is 0 Å². The highest BCUT2D eigenvalue weighted by atomic mass is 28.3. The van der Waals surface area contributed by atoms with Crippen LogP contribution in [0, 0.1) is 0 Å². The first kappa shape index (κ1) is 11.3. The van der Waals surface area contributed by atoms with Gasteiger partial charge in [0, 0.05) is 0 Å². The van der Waals surface area contributed by atoms with Crippen molar-refractivity contribution in [3.63, 3.8) is 0 Å². The summed E-state index contributed by atoms with van der Waals surface area (Å²) in [5.74, 6) is 0. The van der Waals surface area contributed by atoms with Gasteiger partial charge in [-0.3, -0.25) is 0 Å². The van der Waals surface area contributed by atoms with E-state index in [1.807, 2.05) is 0 Å². The van der Waals surface area contributed by atoms with Crippen LogP contribution in [-0.4, -0.2) is 8.07 Å². The lowest BCUT2D eigenvalue weighted by Gasteiger charge is -2.26. The van der Waals surface area contributed by atoms with Gasteiger partial charge in [-0.1, -0.05) is 62.1 Å². The van der Waals surface area contributed by atoms with E-state index >= 15 is 0 Å². The predicted octanol–water partition coefficient (Wildman–Crippen LogP) is 4.22. The van der Waals surface area contributed by atoms with E-state index in [0.29, 0.717) is 5.54 Å². The van der Waals surface area contributed by atoms with E-state index < -0.39 is 8.07 Å². The molecule has 0 nitrogen and oxygen atoms in total. The number of benzene rings is 1. The number of rotatable bonds is 3. The van der Waals surface area contributed by atoms with Crippen LogP contribution in [0.25, 0.3) is 0 Å². The summed E-state index contributed by atoms with van der Waals surface area (Å²) in [5, 5.41) is 0. The Morgan fingerprint density at radius 1 is 1.07 bits per heavy atom. The van der Waals surface area contributed by atoms with Crippen molar-refractivity contribution in [1.82, 2.24) is 0 Å². The Hall–Kier alpha value is -0.823. The molecule has 0 heterocycles. The second-order valence-corrected chi connectivity index (χ2v) is 10.1. The molecule has 0 radical (unpaired) electrons. The van der Waals surface area contributed by atoms with Gasteiger partial charge >= 0.3 is 0 Å². The molecule has 0 saturated carbocycles. The molecule has 1 atom stereocenters. The second kappa shape index (κ2) is 4.60. The van der Waals surface area contributed by atoms with E-state index in [0.717, 1.165) is 0 Å². The van der Waals surface area contributed by atoms with Gasteiger partial charge in [-0.05, 0) is 18.0 Å². The Labute approximate surface area is 88.7 Å². The summed E-state index contributed by atoms with van der Waals surface area (Å²) in [6.45, 7) is 9.37. The third kappa shape index (κ3) is 2.84. The predicted molar refractivity (Wildman–Crippen MR) is 67.3 cm³/mol. The smallest absolute Gasteiger partial charge is 0.0565 e. The molecule has 14 heavy (non-hydrogen) atoms. The van der Waals surface area contributed by atoms with Gasteiger partial charge < -0.3 is 0 Å². The topological polar surface area (TPSA) is 0 Å².